The van der Waals surface area contributed by atoms with E-state index in [0.717, 1.165) is 45.0 Å². The zero-order valence-electron chi connectivity index (χ0n) is 12.4. The number of hydrogen-bond donors (Lipinski definition) is 1. The summed E-state index contributed by atoms with van der Waals surface area (Å²) in [6.45, 7) is 5.13. The molecule has 1 N–H and O–H groups in total. The molecule has 0 bridgehead atoms. The van der Waals surface area contributed by atoms with Crippen LogP contribution >= 0.6 is 0 Å². The van der Waals surface area contributed by atoms with Crippen molar-refractivity contribution in [3.05, 3.63) is 18.2 Å². The summed E-state index contributed by atoms with van der Waals surface area (Å²) in [4.78, 5) is 9.25. The molecule has 5 heteroatoms. The quantitative estimate of drug-likeness (QED) is 0.871. The van der Waals surface area contributed by atoms with Crippen LogP contribution in [-0.2, 0) is 13.5 Å². The Morgan fingerprint density at radius 3 is 2.75 bits per heavy atom. The second-order valence-electron chi connectivity index (χ2n) is 6.20. The Kier molecular flexibility index (Phi) is 4.38. The number of likely N-dealkylation sites (tertiary alicyclic amines) is 2. The molecule has 0 spiro atoms. The van der Waals surface area contributed by atoms with Gasteiger partial charge >= 0.3 is 0 Å². The Morgan fingerprint density at radius 2 is 2.05 bits per heavy atom. The maximum atomic E-state index is 10.3. The van der Waals surface area contributed by atoms with Crippen LogP contribution in [0.3, 0.4) is 0 Å². The maximum absolute atomic E-state index is 10.3. The van der Waals surface area contributed by atoms with Crippen molar-refractivity contribution in [3.8, 4) is 0 Å². The Bertz CT molecular complexity index is 427. The van der Waals surface area contributed by atoms with Crippen LogP contribution in [0.15, 0.2) is 12.4 Å². The normalized spacial score (nSPS) is 29.1. The topological polar surface area (TPSA) is 44.5 Å². The van der Waals surface area contributed by atoms with Gasteiger partial charge in [0.1, 0.15) is 5.82 Å². The number of piperidine rings is 1. The van der Waals surface area contributed by atoms with Gasteiger partial charge in [-0.15, -0.1) is 0 Å². The number of aliphatic hydroxyl groups is 1. The lowest BCUT2D eigenvalue weighted by Crippen LogP contribution is -2.45. The van der Waals surface area contributed by atoms with Gasteiger partial charge in [-0.25, -0.2) is 4.98 Å². The van der Waals surface area contributed by atoms with Crippen LogP contribution in [0, 0.1) is 0 Å². The molecule has 2 aliphatic rings. The number of aromatic nitrogens is 2. The van der Waals surface area contributed by atoms with Crippen molar-refractivity contribution >= 4 is 0 Å². The molecule has 5 nitrogen and oxygen atoms in total. The minimum Gasteiger partial charge on any atom is -0.390 e. The number of β-amino-alcohol motifs (C(OH)–C–C–N with tert-alkyl or cyclic N) is 1. The van der Waals surface area contributed by atoms with E-state index < -0.39 is 0 Å². The Hall–Kier alpha value is -0.910. The molecule has 1 aromatic heterocycles. The van der Waals surface area contributed by atoms with Crippen molar-refractivity contribution in [2.24, 2.45) is 7.05 Å². The largest absolute Gasteiger partial charge is 0.390 e. The average molecular weight is 278 g/mol. The second-order valence-corrected chi connectivity index (χ2v) is 6.20. The summed E-state index contributed by atoms with van der Waals surface area (Å²) in [5.41, 5.74) is 0. The highest BCUT2D eigenvalue weighted by molar-refractivity contribution is 4.95. The summed E-state index contributed by atoms with van der Waals surface area (Å²) in [6.07, 6.45) is 8.54. The molecule has 0 saturated carbocycles. The first-order chi connectivity index (χ1) is 9.74. The molecule has 0 aromatic carbocycles. The van der Waals surface area contributed by atoms with Crippen molar-refractivity contribution in [2.75, 3.05) is 32.7 Å². The van der Waals surface area contributed by atoms with Gasteiger partial charge in [0, 0.05) is 51.5 Å². The molecule has 0 unspecified atom stereocenters. The first-order valence-corrected chi connectivity index (χ1v) is 7.85. The molecule has 0 aliphatic carbocycles. The SMILES string of the molecule is Cn1ccnc1CCN1C[C@H](O)[C@@H](N2CCCCC2)C1. The van der Waals surface area contributed by atoms with E-state index in [9.17, 15) is 5.11 Å². The fourth-order valence-corrected chi connectivity index (χ4v) is 3.53. The molecule has 2 atom stereocenters. The molecular weight excluding hydrogens is 252 g/mol. The number of rotatable bonds is 4. The van der Waals surface area contributed by atoms with Crippen LogP contribution in [-0.4, -0.2) is 69.3 Å². The van der Waals surface area contributed by atoms with Crippen molar-refractivity contribution in [2.45, 2.75) is 37.8 Å². The number of aliphatic hydroxyl groups excluding tert-OH is 1. The zero-order chi connectivity index (χ0) is 13.9. The van der Waals surface area contributed by atoms with Crippen LogP contribution in [0.2, 0.25) is 0 Å². The Balaban J connectivity index is 1.51. The highest BCUT2D eigenvalue weighted by atomic mass is 16.3. The van der Waals surface area contributed by atoms with Crippen molar-refractivity contribution in [1.82, 2.24) is 19.4 Å². The van der Waals surface area contributed by atoms with Crippen LogP contribution < -0.4 is 0 Å². The average Bonchev–Trinajstić information content (AvgIpc) is 3.03. The lowest BCUT2D eigenvalue weighted by molar-refractivity contribution is 0.0706. The zero-order valence-corrected chi connectivity index (χ0v) is 12.4. The van der Waals surface area contributed by atoms with Crippen LogP contribution in [0.25, 0.3) is 0 Å². The summed E-state index contributed by atoms with van der Waals surface area (Å²) in [7, 11) is 2.04. The molecule has 3 heterocycles. The fraction of sp³-hybridized carbons (Fsp3) is 0.800. The number of nitrogens with zero attached hydrogens (tertiary/aromatic N) is 4. The summed E-state index contributed by atoms with van der Waals surface area (Å²) in [5, 5.41) is 10.3. The molecule has 20 heavy (non-hydrogen) atoms. The van der Waals surface area contributed by atoms with E-state index in [0.29, 0.717) is 6.04 Å². The van der Waals surface area contributed by atoms with Gasteiger partial charge in [-0.05, 0) is 25.9 Å². The monoisotopic (exact) mass is 278 g/mol. The first-order valence-electron chi connectivity index (χ1n) is 7.85. The highest BCUT2D eigenvalue weighted by Gasteiger charge is 2.35. The minimum atomic E-state index is -0.186. The van der Waals surface area contributed by atoms with Gasteiger partial charge in [-0.2, -0.15) is 0 Å². The van der Waals surface area contributed by atoms with E-state index in [-0.39, 0.29) is 6.10 Å². The predicted molar refractivity (Wildman–Crippen MR) is 78.6 cm³/mol. The molecule has 112 valence electrons. The third-order valence-corrected chi connectivity index (χ3v) is 4.77. The third-order valence-electron chi connectivity index (χ3n) is 4.77. The van der Waals surface area contributed by atoms with E-state index in [1.165, 1.54) is 19.3 Å². The predicted octanol–water partition coefficient (Wildman–Crippen LogP) is 0.494. The van der Waals surface area contributed by atoms with Crippen molar-refractivity contribution in [3.63, 3.8) is 0 Å². The molecular formula is C15H26N4O. The molecule has 2 aliphatic heterocycles. The third kappa shape index (κ3) is 3.05. The van der Waals surface area contributed by atoms with E-state index in [4.69, 9.17) is 0 Å². The van der Waals surface area contributed by atoms with E-state index >= 15 is 0 Å². The van der Waals surface area contributed by atoms with Crippen molar-refractivity contribution in [1.29, 1.82) is 0 Å². The van der Waals surface area contributed by atoms with E-state index in [2.05, 4.69) is 19.4 Å². The number of imidazole rings is 1. The summed E-state index contributed by atoms with van der Waals surface area (Å²) >= 11 is 0. The standard InChI is InChI=1S/C15H26N4O/c1-17-10-6-16-15(17)5-9-18-11-13(14(20)12-18)19-7-3-2-4-8-19/h6,10,13-14,20H,2-5,7-9,11-12H2,1H3/t13-,14-/m0/s1. The van der Waals surface area contributed by atoms with Gasteiger partial charge in [0.2, 0.25) is 0 Å². The minimum absolute atomic E-state index is 0.186. The fourth-order valence-electron chi connectivity index (χ4n) is 3.53. The van der Waals surface area contributed by atoms with Gasteiger partial charge in [0.05, 0.1) is 6.10 Å². The van der Waals surface area contributed by atoms with Crippen LogP contribution in [0.5, 0.6) is 0 Å². The molecule has 1 aromatic rings. The van der Waals surface area contributed by atoms with Gasteiger partial charge in [0.15, 0.2) is 0 Å². The first kappa shape index (κ1) is 14.0. The Labute approximate surface area is 121 Å². The molecule has 3 rings (SSSR count). The van der Waals surface area contributed by atoms with Gasteiger partial charge < -0.3 is 9.67 Å². The smallest absolute Gasteiger partial charge is 0.109 e. The van der Waals surface area contributed by atoms with Crippen LogP contribution in [0.1, 0.15) is 25.1 Å². The molecule has 2 fully saturated rings. The van der Waals surface area contributed by atoms with E-state index in [1.54, 1.807) is 0 Å². The van der Waals surface area contributed by atoms with Crippen LogP contribution in [0.4, 0.5) is 0 Å². The second kappa shape index (κ2) is 6.24. The molecule has 2 saturated heterocycles. The lowest BCUT2D eigenvalue weighted by Gasteiger charge is -2.33. The number of hydrogen-bond acceptors (Lipinski definition) is 4. The highest BCUT2D eigenvalue weighted by Crippen LogP contribution is 2.20. The lowest BCUT2D eigenvalue weighted by atomic mass is 10.1. The molecule has 0 radical (unpaired) electrons. The summed E-state index contributed by atoms with van der Waals surface area (Å²) < 4.78 is 2.08. The maximum Gasteiger partial charge on any atom is 0.109 e. The summed E-state index contributed by atoms with van der Waals surface area (Å²) in [6, 6.07) is 0.344. The molecule has 0 amide bonds. The van der Waals surface area contributed by atoms with Gasteiger partial charge in [-0.1, -0.05) is 6.42 Å². The van der Waals surface area contributed by atoms with Crippen molar-refractivity contribution < 1.29 is 5.11 Å². The van der Waals surface area contributed by atoms with E-state index in [1.807, 2.05) is 19.4 Å². The van der Waals surface area contributed by atoms with Gasteiger partial charge in [-0.3, -0.25) is 9.80 Å². The number of aryl methyl sites for hydroxylation is 1. The summed E-state index contributed by atoms with van der Waals surface area (Å²) in [5.74, 6) is 1.13. The Morgan fingerprint density at radius 1 is 1.25 bits per heavy atom. The van der Waals surface area contributed by atoms with Gasteiger partial charge in [0.25, 0.3) is 0 Å².